The second kappa shape index (κ2) is 15.0. The average molecular weight is 520 g/mol. The summed E-state index contributed by atoms with van der Waals surface area (Å²) in [4.78, 5) is 7.18. The number of nitrogens with zero attached hydrogens (tertiary/aromatic N) is 2. The summed E-state index contributed by atoms with van der Waals surface area (Å²) < 4.78 is 18.9. The van der Waals surface area contributed by atoms with Gasteiger partial charge >= 0.3 is 0 Å². The van der Waals surface area contributed by atoms with E-state index in [1.165, 1.54) is 6.07 Å². The molecule has 1 fully saturated rings. The van der Waals surface area contributed by atoms with Crippen molar-refractivity contribution < 1.29 is 9.13 Å². The Labute approximate surface area is 192 Å². The first-order valence-corrected chi connectivity index (χ1v) is 10.7. The van der Waals surface area contributed by atoms with Crippen molar-refractivity contribution in [3.05, 3.63) is 35.6 Å². The number of halogens is 2. The zero-order valence-corrected chi connectivity index (χ0v) is 20.5. The second-order valence-electron chi connectivity index (χ2n) is 7.67. The van der Waals surface area contributed by atoms with E-state index in [0.717, 1.165) is 76.5 Å². The lowest BCUT2D eigenvalue weighted by Gasteiger charge is -2.33. The van der Waals surface area contributed by atoms with Gasteiger partial charge in [0.25, 0.3) is 0 Å². The molecule has 5 nitrogen and oxygen atoms in total. The van der Waals surface area contributed by atoms with Crippen molar-refractivity contribution in [2.24, 2.45) is 4.99 Å². The summed E-state index contributed by atoms with van der Waals surface area (Å²) in [5, 5.41) is 6.92. The summed E-state index contributed by atoms with van der Waals surface area (Å²) >= 11 is 0. The van der Waals surface area contributed by atoms with Crippen molar-refractivity contribution in [1.82, 2.24) is 15.5 Å². The van der Waals surface area contributed by atoms with Crippen LogP contribution >= 0.6 is 24.0 Å². The SMILES string of the molecule is CCNC(=NCCCc1cccc(F)c1)NC1CCN(CCOC(C)C)CC1.I. The number of aliphatic imine (C=N–C) groups is 1. The number of nitrogens with one attached hydrogen (secondary N) is 2. The number of aryl methyl sites for hydroxylation is 1. The molecule has 0 amide bonds. The van der Waals surface area contributed by atoms with Gasteiger partial charge in [-0.15, -0.1) is 24.0 Å². The van der Waals surface area contributed by atoms with Crippen molar-refractivity contribution in [2.75, 3.05) is 39.3 Å². The molecule has 1 saturated heterocycles. The molecule has 0 aromatic heterocycles. The Balaban J connectivity index is 0.00000420. The molecule has 0 spiro atoms. The number of guanidine groups is 1. The van der Waals surface area contributed by atoms with Gasteiger partial charge in [-0.1, -0.05) is 12.1 Å². The highest BCUT2D eigenvalue weighted by Crippen LogP contribution is 2.10. The van der Waals surface area contributed by atoms with Crippen molar-refractivity contribution in [1.29, 1.82) is 0 Å². The third kappa shape index (κ3) is 11.1. The van der Waals surface area contributed by atoms with Crippen LogP contribution in [0.1, 0.15) is 45.6 Å². The molecule has 0 aliphatic carbocycles. The Morgan fingerprint density at radius 2 is 2.07 bits per heavy atom. The lowest BCUT2D eigenvalue weighted by atomic mass is 10.1. The highest BCUT2D eigenvalue weighted by Gasteiger charge is 2.19. The van der Waals surface area contributed by atoms with Crippen LogP contribution in [0.3, 0.4) is 0 Å². The molecule has 1 aliphatic heterocycles. The van der Waals surface area contributed by atoms with Crippen LogP contribution in [-0.4, -0.2) is 62.3 Å². The summed E-state index contributed by atoms with van der Waals surface area (Å²) in [5.74, 6) is 0.724. The fraction of sp³-hybridized carbons (Fsp3) is 0.682. The van der Waals surface area contributed by atoms with Gasteiger partial charge in [-0.05, 0) is 64.2 Å². The summed E-state index contributed by atoms with van der Waals surface area (Å²) in [5.41, 5.74) is 1.03. The van der Waals surface area contributed by atoms with Crippen LogP contribution in [0.25, 0.3) is 0 Å². The number of ether oxygens (including phenoxy) is 1. The van der Waals surface area contributed by atoms with Gasteiger partial charge in [-0.25, -0.2) is 4.39 Å². The second-order valence-corrected chi connectivity index (χ2v) is 7.67. The van der Waals surface area contributed by atoms with Crippen molar-refractivity contribution in [3.63, 3.8) is 0 Å². The summed E-state index contributed by atoms with van der Waals surface area (Å²) in [6, 6.07) is 7.28. The summed E-state index contributed by atoms with van der Waals surface area (Å²) in [6.07, 6.45) is 4.30. The van der Waals surface area contributed by atoms with Crippen LogP contribution in [0.15, 0.2) is 29.3 Å². The van der Waals surface area contributed by atoms with E-state index in [4.69, 9.17) is 9.73 Å². The molecule has 2 N–H and O–H groups in total. The Kier molecular flexibility index (Phi) is 13.5. The minimum atomic E-state index is -0.168. The zero-order chi connectivity index (χ0) is 20.2. The number of hydrogen-bond acceptors (Lipinski definition) is 3. The first-order chi connectivity index (χ1) is 13.6. The minimum absolute atomic E-state index is 0. The predicted octanol–water partition coefficient (Wildman–Crippen LogP) is 3.82. The first-order valence-electron chi connectivity index (χ1n) is 10.7. The molecule has 7 heteroatoms. The molecule has 2 rings (SSSR count). The average Bonchev–Trinajstić information content (AvgIpc) is 2.66. The summed E-state index contributed by atoms with van der Waals surface area (Å²) in [7, 11) is 0. The maximum Gasteiger partial charge on any atom is 0.191 e. The highest BCUT2D eigenvalue weighted by molar-refractivity contribution is 14.0. The molecule has 1 heterocycles. The van der Waals surface area contributed by atoms with E-state index in [-0.39, 0.29) is 29.8 Å². The van der Waals surface area contributed by atoms with Gasteiger partial charge in [-0.2, -0.15) is 0 Å². The quantitative estimate of drug-likeness (QED) is 0.213. The van der Waals surface area contributed by atoms with E-state index in [1.54, 1.807) is 12.1 Å². The van der Waals surface area contributed by atoms with Gasteiger partial charge in [0.1, 0.15) is 5.82 Å². The first kappa shape index (κ1) is 26.1. The van der Waals surface area contributed by atoms with Crippen LogP contribution in [-0.2, 0) is 11.2 Å². The van der Waals surface area contributed by atoms with Crippen molar-refractivity contribution in [2.45, 2.75) is 58.6 Å². The monoisotopic (exact) mass is 520 g/mol. The predicted molar refractivity (Wildman–Crippen MR) is 130 cm³/mol. The largest absolute Gasteiger partial charge is 0.377 e. The molecule has 0 unspecified atom stereocenters. The number of likely N-dealkylation sites (tertiary alicyclic amines) is 1. The van der Waals surface area contributed by atoms with Crippen molar-refractivity contribution in [3.8, 4) is 0 Å². The molecule has 166 valence electrons. The normalized spacial score (nSPS) is 16.0. The maximum absolute atomic E-state index is 13.2. The fourth-order valence-corrected chi connectivity index (χ4v) is 3.40. The molecular formula is C22H38FIN4O. The Bertz CT molecular complexity index is 592. The van der Waals surface area contributed by atoms with E-state index < -0.39 is 0 Å². The number of rotatable bonds is 10. The van der Waals surface area contributed by atoms with Crippen LogP contribution in [0.2, 0.25) is 0 Å². The van der Waals surface area contributed by atoms with Gasteiger partial charge < -0.3 is 20.3 Å². The smallest absolute Gasteiger partial charge is 0.191 e. The third-order valence-electron chi connectivity index (χ3n) is 4.91. The number of hydrogen-bond donors (Lipinski definition) is 2. The molecule has 29 heavy (non-hydrogen) atoms. The van der Waals surface area contributed by atoms with E-state index in [0.29, 0.717) is 12.1 Å². The molecule has 1 aromatic carbocycles. The molecule has 0 saturated carbocycles. The molecule has 0 atom stereocenters. The zero-order valence-electron chi connectivity index (χ0n) is 18.1. The molecule has 1 aliphatic rings. The van der Waals surface area contributed by atoms with Gasteiger partial charge in [0.05, 0.1) is 12.7 Å². The van der Waals surface area contributed by atoms with Gasteiger partial charge in [-0.3, -0.25) is 4.99 Å². The minimum Gasteiger partial charge on any atom is -0.377 e. The van der Waals surface area contributed by atoms with Gasteiger partial charge in [0, 0.05) is 38.8 Å². The van der Waals surface area contributed by atoms with Crippen molar-refractivity contribution >= 4 is 29.9 Å². The topological polar surface area (TPSA) is 48.9 Å². The fourth-order valence-electron chi connectivity index (χ4n) is 3.40. The van der Waals surface area contributed by atoms with E-state index >= 15 is 0 Å². The van der Waals surface area contributed by atoms with Gasteiger partial charge in [0.2, 0.25) is 0 Å². The van der Waals surface area contributed by atoms with Crippen LogP contribution in [0.4, 0.5) is 4.39 Å². The standard InChI is InChI=1S/C22H37FN4O.HI/c1-4-24-22(25-12-6-8-19-7-5-9-20(23)17-19)26-21-10-13-27(14-11-21)15-16-28-18(2)3;/h5,7,9,17-18,21H,4,6,8,10-16H2,1-3H3,(H2,24,25,26);1H. The van der Waals surface area contributed by atoms with Crippen LogP contribution < -0.4 is 10.6 Å². The lowest BCUT2D eigenvalue weighted by molar-refractivity contribution is 0.0532. The van der Waals surface area contributed by atoms with Crippen LogP contribution in [0, 0.1) is 5.82 Å². The number of piperidine rings is 1. The number of benzene rings is 1. The molecule has 0 radical (unpaired) electrons. The highest BCUT2D eigenvalue weighted by atomic mass is 127. The van der Waals surface area contributed by atoms with Gasteiger partial charge in [0.15, 0.2) is 5.96 Å². The Morgan fingerprint density at radius 1 is 1.31 bits per heavy atom. The molecular weight excluding hydrogens is 482 g/mol. The van der Waals surface area contributed by atoms with E-state index in [1.807, 2.05) is 6.07 Å². The third-order valence-corrected chi connectivity index (χ3v) is 4.91. The Hall–Kier alpha value is -0.930. The molecule has 1 aromatic rings. The maximum atomic E-state index is 13.2. The summed E-state index contributed by atoms with van der Waals surface area (Å²) in [6.45, 7) is 11.8. The Morgan fingerprint density at radius 3 is 2.72 bits per heavy atom. The lowest BCUT2D eigenvalue weighted by Crippen LogP contribution is -2.49. The molecule has 0 bridgehead atoms. The van der Waals surface area contributed by atoms with E-state index in [9.17, 15) is 4.39 Å². The van der Waals surface area contributed by atoms with Crippen LogP contribution in [0.5, 0.6) is 0 Å². The van der Waals surface area contributed by atoms with E-state index in [2.05, 4.69) is 36.3 Å².